The number of aromatic nitrogens is 3. The summed E-state index contributed by atoms with van der Waals surface area (Å²) < 4.78 is 9.93. The fourth-order valence-corrected chi connectivity index (χ4v) is 3.54. The second-order valence-electron chi connectivity index (χ2n) is 4.33. The SMILES string of the molecule is COC(=O)c1scc2nc(SCc3cc(OC)ccn3)[nH]c12. The Balaban J connectivity index is 1.76. The number of nitrogens with zero attached hydrogens (tertiary/aromatic N) is 2. The van der Waals surface area contributed by atoms with Crippen LogP contribution in [0.2, 0.25) is 0 Å². The first-order chi connectivity index (χ1) is 10.7. The maximum atomic E-state index is 11.7. The molecular formula is C14H13N3O3S2. The van der Waals surface area contributed by atoms with E-state index in [2.05, 4.69) is 15.0 Å². The van der Waals surface area contributed by atoms with E-state index in [1.54, 1.807) is 19.4 Å². The zero-order valence-electron chi connectivity index (χ0n) is 12.0. The van der Waals surface area contributed by atoms with Gasteiger partial charge < -0.3 is 14.5 Å². The molecule has 3 aromatic heterocycles. The average molecular weight is 335 g/mol. The first-order valence-electron chi connectivity index (χ1n) is 6.38. The molecule has 0 aliphatic rings. The number of nitrogens with one attached hydrogen (secondary N) is 1. The number of fused-ring (bicyclic) bond motifs is 1. The summed E-state index contributed by atoms with van der Waals surface area (Å²) in [7, 11) is 3.00. The van der Waals surface area contributed by atoms with Crippen LogP contribution >= 0.6 is 23.1 Å². The van der Waals surface area contributed by atoms with Crippen molar-refractivity contribution in [3.63, 3.8) is 0 Å². The fourth-order valence-electron chi connectivity index (χ4n) is 1.91. The molecule has 114 valence electrons. The van der Waals surface area contributed by atoms with Gasteiger partial charge in [0.25, 0.3) is 0 Å². The van der Waals surface area contributed by atoms with Crippen molar-refractivity contribution in [3.8, 4) is 5.75 Å². The minimum absolute atomic E-state index is 0.352. The molecule has 0 amide bonds. The molecule has 0 bridgehead atoms. The Morgan fingerprint density at radius 3 is 3.09 bits per heavy atom. The number of rotatable bonds is 5. The van der Waals surface area contributed by atoms with Crippen LogP contribution in [0.5, 0.6) is 5.75 Å². The van der Waals surface area contributed by atoms with Gasteiger partial charge in [0, 0.05) is 23.4 Å². The highest BCUT2D eigenvalue weighted by atomic mass is 32.2. The summed E-state index contributed by atoms with van der Waals surface area (Å²) in [4.78, 5) is 24.1. The second-order valence-corrected chi connectivity index (χ2v) is 6.18. The number of pyridine rings is 1. The number of aromatic amines is 1. The van der Waals surface area contributed by atoms with Crippen LogP contribution in [0, 0.1) is 0 Å². The Hall–Kier alpha value is -2.06. The van der Waals surface area contributed by atoms with Gasteiger partial charge >= 0.3 is 5.97 Å². The predicted molar refractivity (Wildman–Crippen MR) is 85.7 cm³/mol. The Morgan fingerprint density at radius 2 is 2.32 bits per heavy atom. The van der Waals surface area contributed by atoms with Gasteiger partial charge in [0.15, 0.2) is 5.16 Å². The number of imidazole rings is 1. The van der Waals surface area contributed by atoms with E-state index < -0.39 is 0 Å². The van der Waals surface area contributed by atoms with E-state index in [4.69, 9.17) is 9.47 Å². The first kappa shape index (κ1) is 14.9. The van der Waals surface area contributed by atoms with Gasteiger partial charge in [-0.15, -0.1) is 11.3 Å². The van der Waals surface area contributed by atoms with Crippen molar-refractivity contribution >= 4 is 40.1 Å². The molecule has 0 saturated carbocycles. The Kier molecular flexibility index (Phi) is 4.30. The lowest BCUT2D eigenvalue weighted by atomic mass is 10.3. The topological polar surface area (TPSA) is 77.1 Å². The van der Waals surface area contributed by atoms with Crippen LogP contribution in [-0.4, -0.2) is 35.1 Å². The van der Waals surface area contributed by atoms with E-state index in [-0.39, 0.29) is 5.97 Å². The van der Waals surface area contributed by atoms with E-state index >= 15 is 0 Å². The molecule has 0 aliphatic heterocycles. The molecule has 6 nitrogen and oxygen atoms in total. The molecule has 0 fully saturated rings. The fraction of sp³-hybridized carbons (Fsp3) is 0.214. The summed E-state index contributed by atoms with van der Waals surface area (Å²) in [5, 5.41) is 2.58. The zero-order chi connectivity index (χ0) is 15.5. The highest BCUT2D eigenvalue weighted by molar-refractivity contribution is 7.98. The molecule has 0 aliphatic carbocycles. The molecule has 8 heteroatoms. The predicted octanol–water partition coefficient (Wildman–Crippen LogP) is 3.11. The minimum atomic E-state index is -0.352. The van der Waals surface area contributed by atoms with E-state index in [0.717, 1.165) is 27.6 Å². The number of esters is 1. The third-order valence-electron chi connectivity index (χ3n) is 2.98. The van der Waals surface area contributed by atoms with E-state index in [1.165, 1.54) is 30.2 Å². The molecule has 0 atom stereocenters. The van der Waals surface area contributed by atoms with Crippen LogP contribution in [0.1, 0.15) is 15.4 Å². The second kappa shape index (κ2) is 6.37. The quantitative estimate of drug-likeness (QED) is 0.570. The molecule has 22 heavy (non-hydrogen) atoms. The van der Waals surface area contributed by atoms with E-state index in [1.807, 2.05) is 11.4 Å². The van der Waals surface area contributed by atoms with Crippen molar-refractivity contribution in [1.29, 1.82) is 0 Å². The van der Waals surface area contributed by atoms with E-state index in [0.29, 0.717) is 10.6 Å². The van der Waals surface area contributed by atoms with Gasteiger partial charge in [0.05, 0.1) is 25.4 Å². The molecule has 3 aromatic rings. The summed E-state index contributed by atoms with van der Waals surface area (Å²) in [6.45, 7) is 0. The summed E-state index contributed by atoms with van der Waals surface area (Å²) in [6.07, 6.45) is 1.71. The Labute approximate surface area is 134 Å². The summed E-state index contributed by atoms with van der Waals surface area (Å²) in [5.41, 5.74) is 2.39. The highest BCUT2D eigenvalue weighted by Gasteiger charge is 2.16. The number of H-pyrrole nitrogens is 1. The number of hydrogen-bond donors (Lipinski definition) is 1. The number of methoxy groups -OCH3 is 2. The van der Waals surface area contributed by atoms with Crippen LogP contribution in [0.4, 0.5) is 0 Å². The van der Waals surface area contributed by atoms with Crippen molar-refractivity contribution < 1.29 is 14.3 Å². The van der Waals surface area contributed by atoms with Crippen LogP contribution in [-0.2, 0) is 10.5 Å². The lowest BCUT2D eigenvalue weighted by Gasteiger charge is -2.02. The van der Waals surface area contributed by atoms with Crippen LogP contribution in [0.3, 0.4) is 0 Å². The number of hydrogen-bond acceptors (Lipinski definition) is 7. The van der Waals surface area contributed by atoms with Crippen molar-refractivity contribution in [2.75, 3.05) is 14.2 Å². The van der Waals surface area contributed by atoms with Crippen LogP contribution in [0.15, 0.2) is 28.9 Å². The lowest BCUT2D eigenvalue weighted by molar-refractivity contribution is 0.0608. The smallest absolute Gasteiger partial charge is 0.350 e. The monoisotopic (exact) mass is 335 g/mol. The van der Waals surface area contributed by atoms with Gasteiger partial charge in [-0.2, -0.15) is 0 Å². The van der Waals surface area contributed by atoms with E-state index in [9.17, 15) is 4.79 Å². The molecule has 1 N–H and O–H groups in total. The van der Waals surface area contributed by atoms with Gasteiger partial charge in [-0.25, -0.2) is 9.78 Å². The normalized spacial score (nSPS) is 10.8. The lowest BCUT2D eigenvalue weighted by Crippen LogP contribution is -1.98. The molecular weight excluding hydrogens is 322 g/mol. The minimum Gasteiger partial charge on any atom is -0.497 e. The Morgan fingerprint density at radius 1 is 1.45 bits per heavy atom. The Bertz CT molecular complexity index is 813. The molecule has 3 heterocycles. The van der Waals surface area contributed by atoms with Gasteiger partial charge in [-0.3, -0.25) is 4.98 Å². The first-order valence-corrected chi connectivity index (χ1v) is 8.25. The standard InChI is InChI=1S/C14H13N3O3S2/c1-19-9-3-4-15-8(5-9)6-22-14-16-10-7-21-12(11(10)17-14)13(18)20-2/h3-5,7H,6H2,1-2H3,(H,16,17). The molecule has 0 spiro atoms. The number of ether oxygens (including phenoxy) is 2. The van der Waals surface area contributed by atoms with Gasteiger partial charge in [0.2, 0.25) is 0 Å². The zero-order valence-corrected chi connectivity index (χ0v) is 13.6. The van der Waals surface area contributed by atoms with Gasteiger partial charge in [0.1, 0.15) is 16.1 Å². The van der Waals surface area contributed by atoms with Crippen LogP contribution in [0.25, 0.3) is 11.0 Å². The number of thiophene rings is 1. The molecule has 0 saturated heterocycles. The molecule has 3 rings (SSSR count). The van der Waals surface area contributed by atoms with Gasteiger partial charge in [-0.05, 0) is 6.07 Å². The number of thioether (sulfide) groups is 1. The molecule has 0 radical (unpaired) electrons. The van der Waals surface area contributed by atoms with Crippen molar-refractivity contribution in [3.05, 3.63) is 34.3 Å². The summed E-state index contributed by atoms with van der Waals surface area (Å²) >= 11 is 2.84. The number of carbonyl (C=O) groups excluding carboxylic acids is 1. The maximum absolute atomic E-state index is 11.7. The number of carbonyl (C=O) groups is 1. The third-order valence-corrected chi connectivity index (χ3v) is 4.83. The molecule has 0 unspecified atom stereocenters. The summed E-state index contributed by atoms with van der Waals surface area (Å²) in [6, 6.07) is 3.69. The van der Waals surface area contributed by atoms with Gasteiger partial charge in [-0.1, -0.05) is 11.8 Å². The largest absolute Gasteiger partial charge is 0.497 e. The summed E-state index contributed by atoms with van der Waals surface area (Å²) in [5.74, 6) is 1.08. The van der Waals surface area contributed by atoms with Crippen molar-refractivity contribution in [2.24, 2.45) is 0 Å². The average Bonchev–Trinajstić information content (AvgIpc) is 3.12. The third kappa shape index (κ3) is 2.93. The van der Waals surface area contributed by atoms with Crippen molar-refractivity contribution in [2.45, 2.75) is 10.9 Å². The highest BCUT2D eigenvalue weighted by Crippen LogP contribution is 2.29. The van der Waals surface area contributed by atoms with Crippen molar-refractivity contribution in [1.82, 2.24) is 15.0 Å². The van der Waals surface area contributed by atoms with Crippen LogP contribution < -0.4 is 4.74 Å². The maximum Gasteiger partial charge on any atom is 0.350 e. The molecule has 0 aromatic carbocycles.